The van der Waals surface area contributed by atoms with Crippen molar-refractivity contribution in [3.63, 3.8) is 0 Å². The van der Waals surface area contributed by atoms with Gasteiger partial charge in [0.1, 0.15) is 11.5 Å². The minimum absolute atomic E-state index is 0.0364. The number of hydrogen-bond acceptors (Lipinski definition) is 5. The number of nitrogens with one attached hydrogen (secondary N) is 1. The van der Waals surface area contributed by atoms with Gasteiger partial charge in [-0.25, -0.2) is 4.79 Å². The fourth-order valence-electron chi connectivity index (χ4n) is 3.01. The molecule has 3 rings (SSSR count). The van der Waals surface area contributed by atoms with Gasteiger partial charge in [-0.15, -0.1) is 0 Å². The highest BCUT2D eigenvalue weighted by atomic mass is 16.5. The van der Waals surface area contributed by atoms with Crippen LogP contribution in [0.1, 0.15) is 24.9 Å². The van der Waals surface area contributed by atoms with Crippen molar-refractivity contribution in [3.8, 4) is 11.5 Å². The molecule has 1 atom stereocenters. The lowest BCUT2D eigenvalue weighted by Gasteiger charge is -2.29. The molecule has 8 heteroatoms. The molecule has 0 aliphatic carbocycles. The van der Waals surface area contributed by atoms with Crippen LogP contribution in [0.2, 0.25) is 0 Å². The van der Waals surface area contributed by atoms with E-state index in [-0.39, 0.29) is 37.4 Å². The number of rotatable bonds is 8. The number of carboxylic acids is 1. The summed E-state index contributed by atoms with van der Waals surface area (Å²) in [5, 5.41) is 11.5. The standard InChI is InChI=1S/C21H22N2O6/c1-14(15-6-8-16(9-7-15)28-13-21(26)27)22-19(24)10-11-23-17-4-2-3-5-18(17)29-12-20(23)25/h2-9,14H,10-13H2,1H3,(H,22,24)(H,26,27). The predicted octanol–water partition coefficient (Wildman–Crippen LogP) is 2.14. The van der Waals surface area contributed by atoms with Crippen LogP contribution in [0, 0.1) is 0 Å². The molecule has 0 saturated heterocycles. The summed E-state index contributed by atoms with van der Waals surface area (Å²) in [6.45, 7) is 1.67. The number of aliphatic carboxylic acids is 1. The highest BCUT2D eigenvalue weighted by Crippen LogP contribution is 2.31. The Morgan fingerprint density at radius 2 is 1.93 bits per heavy atom. The van der Waals surface area contributed by atoms with E-state index in [1.54, 1.807) is 41.3 Å². The molecule has 0 bridgehead atoms. The maximum Gasteiger partial charge on any atom is 0.341 e. The molecule has 2 aromatic rings. The third kappa shape index (κ3) is 5.25. The van der Waals surface area contributed by atoms with Crippen LogP contribution in [0.25, 0.3) is 0 Å². The molecule has 0 radical (unpaired) electrons. The van der Waals surface area contributed by atoms with E-state index >= 15 is 0 Å². The van der Waals surface area contributed by atoms with Crippen molar-refractivity contribution in [2.45, 2.75) is 19.4 Å². The van der Waals surface area contributed by atoms with Gasteiger partial charge in [0.2, 0.25) is 5.91 Å². The van der Waals surface area contributed by atoms with E-state index < -0.39 is 12.6 Å². The average molecular weight is 398 g/mol. The fourth-order valence-corrected chi connectivity index (χ4v) is 3.01. The summed E-state index contributed by atoms with van der Waals surface area (Å²) in [4.78, 5) is 36.6. The lowest BCUT2D eigenvalue weighted by molar-refractivity contribution is -0.139. The monoisotopic (exact) mass is 398 g/mol. The van der Waals surface area contributed by atoms with Gasteiger partial charge in [-0.2, -0.15) is 0 Å². The molecule has 152 valence electrons. The van der Waals surface area contributed by atoms with Crippen molar-refractivity contribution < 1.29 is 29.0 Å². The lowest BCUT2D eigenvalue weighted by atomic mass is 10.1. The maximum absolute atomic E-state index is 12.4. The molecule has 0 saturated carbocycles. The molecule has 0 spiro atoms. The zero-order valence-corrected chi connectivity index (χ0v) is 16.0. The first-order chi connectivity index (χ1) is 13.9. The number of carbonyl (C=O) groups is 3. The Balaban J connectivity index is 1.53. The van der Waals surface area contributed by atoms with Gasteiger partial charge in [0, 0.05) is 13.0 Å². The van der Waals surface area contributed by atoms with Gasteiger partial charge in [0.25, 0.3) is 5.91 Å². The summed E-state index contributed by atoms with van der Waals surface area (Å²) in [6, 6.07) is 13.8. The molecule has 1 aliphatic heterocycles. The summed E-state index contributed by atoms with van der Waals surface area (Å²) in [7, 11) is 0. The number of amides is 2. The van der Waals surface area contributed by atoms with E-state index in [2.05, 4.69) is 5.32 Å². The van der Waals surface area contributed by atoms with Crippen molar-refractivity contribution >= 4 is 23.5 Å². The van der Waals surface area contributed by atoms with E-state index in [1.807, 2.05) is 19.1 Å². The van der Waals surface area contributed by atoms with Gasteiger partial charge in [-0.05, 0) is 36.8 Å². The van der Waals surface area contributed by atoms with Crippen LogP contribution in [0.15, 0.2) is 48.5 Å². The summed E-state index contributed by atoms with van der Waals surface area (Å²) >= 11 is 0. The molecule has 1 unspecified atom stereocenters. The number of anilines is 1. The van der Waals surface area contributed by atoms with Crippen molar-refractivity contribution in [2.75, 3.05) is 24.7 Å². The van der Waals surface area contributed by atoms with E-state index in [1.165, 1.54) is 0 Å². The Hall–Kier alpha value is -3.55. The topological polar surface area (TPSA) is 105 Å². The third-order valence-electron chi connectivity index (χ3n) is 4.49. The zero-order valence-electron chi connectivity index (χ0n) is 16.0. The molecule has 2 N–H and O–H groups in total. The van der Waals surface area contributed by atoms with Gasteiger partial charge < -0.3 is 24.8 Å². The van der Waals surface area contributed by atoms with Crippen LogP contribution in [0.5, 0.6) is 11.5 Å². The Labute approximate surface area is 168 Å². The van der Waals surface area contributed by atoms with Crippen molar-refractivity contribution in [1.29, 1.82) is 0 Å². The van der Waals surface area contributed by atoms with Gasteiger partial charge >= 0.3 is 5.97 Å². The maximum atomic E-state index is 12.4. The van der Waals surface area contributed by atoms with Gasteiger partial charge in [-0.3, -0.25) is 9.59 Å². The Bertz CT molecular complexity index is 896. The predicted molar refractivity (Wildman–Crippen MR) is 105 cm³/mol. The quantitative estimate of drug-likeness (QED) is 0.706. The second-order valence-electron chi connectivity index (χ2n) is 6.59. The summed E-state index contributed by atoms with van der Waals surface area (Å²) in [6.07, 6.45) is 0.157. The highest BCUT2D eigenvalue weighted by molar-refractivity contribution is 5.98. The first-order valence-corrected chi connectivity index (χ1v) is 9.20. The lowest BCUT2D eigenvalue weighted by Crippen LogP contribution is -2.41. The summed E-state index contributed by atoms with van der Waals surface area (Å²) in [5.41, 5.74) is 1.52. The Morgan fingerprint density at radius 1 is 1.21 bits per heavy atom. The van der Waals surface area contributed by atoms with Crippen LogP contribution in [0.3, 0.4) is 0 Å². The van der Waals surface area contributed by atoms with Crippen LogP contribution in [-0.4, -0.2) is 42.6 Å². The first kappa shape index (κ1) is 20.2. The molecular weight excluding hydrogens is 376 g/mol. The minimum Gasteiger partial charge on any atom is -0.482 e. The van der Waals surface area contributed by atoms with E-state index in [9.17, 15) is 14.4 Å². The van der Waals surface area contributed by atoms with E-state index in [0.717, 1.165) is 5.56 Å². The SMILES string of the molecule is CC(NC(=O)CCN1C(=O)COc2ccccc21)c1ccc(OCC(=O)O)cc1. The number of benzene rings is 2. The molecule has 0 aromatic heterocycles. The molecular formula is C21H22N2O6. The van der Waals surface area contributed by atoms with Gasteiger partial charge in [0.15, 0.2) is 13.2 Å². The Morgan fingerprint density at radius 3 is 2.66 bits per heavy atom. The van der Waals surface area contributed by atoms with Crippen LogP contribution >= 0.6 is 0 Å². The fraction of sp³-hybridized carbons (Fsp3) is 0.286. The number of hydrogen-bond donors (Lipinski definition) is 2. The molecule has 1 heterocycles. The molecule has 1 aliphatic rings. The minimum atomic E-state index is -1.05. The third-order valence-corrected chi connectivity index (χ3v) is 4.49. The van der Waals surface area contributed by atoms with E-state index in [4.69, 9.17) is 14.6 Å². The van der Waals surface area contributed by atoms with Crippen molar-refractivity contribution in [1.82, 2.24) is 5.32 Å². The van der Waals surface area contributed by atoms with Gasteiger partial charge in [-0.1, -0.05) is 24.3 Å². The average Bonchev–Trinajstić information content (AvgIpc) is 2.71. The van der Waals surface area contributed by atoms with Crippen molar-refractivity contribution in [3.05, 3.63) is 54.1 Å². The normalized spacial score (nSPS) is 13.8. The first-order valence-electron chi connectivity index (χ1n) is 9.20. The smallest absolute Gasteiger partial charge is 0.341 e. The number of carbonyl (C=O) groups excluding carboxylic acids is 2. The molecule has 29 heavy (non-hydrogen) atoms. The summed E-state index contributed by atoms with van der Waals surface area (Å²) < 4.78 is 10.5. The number of para-hydroxylation sites is 2. The Kier molecular flexibility index (Phi) is 6.33. The van der Waals surface area contributed by atoms with Crippen molar-refractivity contribution in [2.24, 2.45) is 0 Å². The zero-order chi connectivity index (χ0) is 20.8. The molecule has 8 nitrogen and oxygen atoms in total. The molecule has 2 amide bonds. The second-order valence-corrected chi connectivity index (χ2v) is 6.59. The molecule has 2 aromatic carbocycles. The number of ether oxygens (including phenoxy) is 2. The molecule has 0 fully saturated rings. The number of fused-ring (bicyclic) bond motifs is 1. The van der Waals surface area contributed by atoms with Crippen LogP contribution in [0.4, 0.5) is 5.69 Å². The highest BCUT2D eigenvalue weighted by Gasteiger charge is 2.25. The number of carboxylic acid groups (broad SMARTS) is 1. The van der Waals surface area contributed by atoms with Gasteiger partial charge in [0.05, 0.1) is 11.7 Å². The summed E-state index contributed by atoms with van der Waals surface area (Å²) in [5.74, 6) is -0.330. The number of nitrogens with zero attached hydrogens (tertiary/aromatic N) is 1. The van der Waals surface area contributed by atoms with E-state index in [0.29, 0.717) is 17.2 Å². The van der Waals surface area contributed by atoms with Crippen LogP contribution in [-0.2, 0) is 14.4 Å². The second kappa shape index (κ2) is 9.09. The van der Waals surface area contributed by atoms with Crippen LogP contribution < -0.4 is 19.7 Å². The largest absolute Gasteiger partial charge is 0.482 e.